The summed E-state index contributed by atoms with van der Waals surface area (Å²) in [5.74, 6) is 0.645. The van der Waals surface area contributed by atoms with Crippen LogP contribution in [0.1, 0.15) is 6.42 Å². The van der Waals surface area contributed by atoms with Gasteiger partial charge in [-0.2, -0.15) is 0 Å². The van der Waals surface area contributed by atoms with Crippen LogP contribution in [0.3, 0.4) is 0 Å². The average Bonchev–Trinajstić information content (AvgIpc) is 2.05. The van der Waals surface area contributed by atoms with Gasteiger partial charge in [-0.1, -0.05) is 12.2 Å². The molecule has 1 N–H and O–H groups in total. The number of aliphatic carboxylic acids is 1. The number of carboxylic acid groups (broad SMARTS) is 1. The highest BCUT2D eigenvalue weighted by Crippen LogP contribution is 2.12. The Bertz CT molecular complexity index is 290. The summed E-state index contributed by atoms with van der Waals surface area (Å²) in [6.07, 6.45) is 4.91. The summed E-state index contributed by atoms with van der Waals surface area (Å²) in [6.45, 7) is 0. The van der Waals surface area contributed by atoms with E-state index >= 15 is 0 Å². The van der Waals surface area contributed by atoms with E-state index < -0.39 is 5.97 Å². The topological polar surface area (TPSA) is 54.4 Å². The zero-order valence-corrected chi connectivity index (χ0v) is 5.70. The van der Waals surface area contributed by atoms with Crippen molar-refractivity contribution in [2.24, 2.45) is 0 Å². The summed E-state index contributed by atoms with van der Waals surface area (Å²) in [4.78, 5) is 20.4. The molecule has 0 aliphatic heterocycles. The van der Waals surface area contributed by atoms with Gasteiger partial charge < -0.3 is 5.11 Å². The molecule has 3 nitrogen and oxygen atoms in total. The largest absolute Gasteiger partial charge is 0.478 e. The predicted molar refractivity (Wildman–Crippen MR) is 38.7 cm³/mol. The molecule has 1 aliphatic carbocycles. The number of allylic oxidation sites excluding steroid dienone is 3. The van der Waals surface area contributed by atoms with Crippen LogP contribution in [0.15, 0.2) is 29.4 Å². The van der Waals surface area contributed by atoms with Crippen LogP contribution in [0.25, 0.3) is 0 Å². The molecule has 56 valence electrons. The second kappa shape index (κ2) is 2.99. The summed E-state index contributed by atoms with van der Waals surface area (Å²) >= 11 is 0. The lowest BCUT2D eigenvalue weighted by atomic mass is 10.0. The third-order valence-electron chi connectivity index (χ3n) is 1.34. The van der Waals surface area contributed by atoms with Crippen LogP contribution in [0.4, 0.5) is 0 Å². The minimum absolute atomic E-state index is 0.134. The van der Waals surface area contributed by atoms with Gasteiger partial charge in [0, 0.05) is 12.0 Å². The van der Waals surface area contributed by atoms with Gasteiger partial charge in [-0.15, -0.1) is 0 Å². The molecular weight excluding hydrogens is 144 g/mol. The Labute approximate surface area is 63.3 Å². The quantitative estimate of drug-likeness (QED) is 0.560. The van der Waals surface area contributed by atoms with Crippen molar-refractivity contribution in [2.45, 2.75) is 6.42 Å². The molecule has 0 amide bonds. The van der Waals surface area contributed by atoms with Gasteiger partial charge in [-0.05, 0) is 6.08 Å². The van der Waals surface area contributed by atoms with Crippen molar-refractivity contribution < 1.29 is 14.7 Å². The number of carbonyl (C=O) groups excluding carboxylic acids is 1. The molecule has 1 rings (SSSR count). The highest BCUT2D eigenvalue weighted by molar-refractivity contribution is 5.91. The monoisotopic (exact) mass is 150 g/mol. The summed E-state index contributed by atoms with van der Waals surface area (Å²) in [5.41, 5.74) is 0.513. The van der Waals surface area contributed by atoms with Gasteiger partial charge in [0.15, 0.2) is 0 Å². The first kappa shape index (κ1) is 7.51. The molecular formula is C8H6O3. The Morgan fingerprint density at radius 2 is 2.36 bits per heavy atom. The summed E-state index contributed by atoms with van der Waals surface area (Å²) in [5, 5.41) is 8.49. The highest BCUT2D eigenvalue weighted by atomic mass is 16.4. The zero-order chi connectivity index (χ0) is 8.27. The molecule has 0 atom stereocenters. The fourth-order valence-electron chi connectivity index (χ4n) is 0.812. The first-order valence-corrected chi connectivity index (χ1v) is 3.09. The van der Waals surface area contributed by atoms with E-state index in [-0.39, 0.29) is 5.57 Å². The SMILES string of the molecule is O=C=C1C=C(C(=O)O)C=CC1. The van der Waals surface area contributed by atoms with Crippen molar-refractivity contribution in [3.05, 3.63) is 29.4 Å². The number of carboxylic acids is 1. The Morgan fingerprint density at radius 3 is 2.91 bits per heavy atom. The number of carbonyl (C=O) groups is 1. The van der Waals surface area contributed by atoms with Crippen molar-refractivity contribution in [3.63, 3.8) is 0 Å². The molecule has 0 aromatic heterocycles. The molecule has 0 spiro atoms. The van der Waals surface area contributed by atoms with Crippen molar-refractivity contribution in [3.8, 4) is 0 Å². The van der Waals surface area contributed by atoms with Gasteiger partial charge in [-0.3, -0.25) is 0 Å². The maximum Gasteiger partial charge on any atom is 0.335 e. The van der Waals surface area contributed by atoms with E-state index in [4.69, 9.17) is 5.11 Å². The zero-order valence-electron chi connectivity index (χ0n) is 5.70. The molecule has 0 aromatic rings. The van der Waals surface area contributed by atoms with Crippen molar-refractivity contribution in [1.82, 2.24) is 0 Å². The minimum Gasteiger partial charge on any atom is -0.478 e. The van der Waals surface area contributed by atoms with Gasteiger partial charge >= 0.3 is 5.97 Å². The normalized spacial score (nSPS) is 15.6. The number of hydrogen-bond acceptors (Lipinski definition) is 2. The Balaban J connectivity index is 2.98. The van der Waals surface area contributed by atoms with Crippen molar-refractivity contribution in [2.75, 3.05) is 0 Å². The van der Waals surface area contributed by atoms with E-state index in [1.54, 1.807) is 12.0 Å². The van der Waals surface area contributed by atoms with Crippen LogP contribution < -0.4 is 0 Å². The molecule has 3 heteroatoms. The van der Waals surface area contributed by atoms with Crippen LogP contribution in [-0.4, -0.2) is 17.0 Å². The number of hydrogen-bond donors (Lipinski definition) is 1. The second-order valence-corrected chi connectivity index (χ2v) is 2.14. The highest BCUT2D eigenvalue weighted by Gasteiger charge is 2.07. The molecule has 11 heavy (non-hydrogen) atoms. The van der Waals surface area contributed by atoms with E-state index in [1.807, 2.05) is 0 Å². The smallest absolute Gasteiger partial charge is 0.335 e. The van der Waals surface area contributed by atoms with Gasteiger partial charge in [0.05, 0.1) is 5.57 Å². The van der Waals surface area contributed by atoms with Crippen molar-refractivity contribution in [1.29, 1.82) is 0 Å². The third kappa shape index (κ3) is 1.66. The lowest BCUT2D eigenvalue weighted by Crippen LogP contribution is -2.00. The molecule has 0 heterocycles. The van der Waals surface area contributed by atoms with Gasteiger partial charge in [-0.25, -0.2) is 9.59 Å². The summed E-state index contributed by atoms with van der Waals surface area (Å²) < 4.78 is 0. The Hall–Kier alpha value is -1.60. The molecule has 0 saturated carbocycles. The van der Waals surface area contributed by atoms with E-state index in [1.165, 1.54) is 12.2 Å². The summed E-state index contributed by atoms with van der Waals surface area (Å²) in [7, 11) is 0. The molecule has 0 aromatic carbocycles. The van der Waals surface area contributed by atoms with E-state index in [0.717, 1.165) is 0 Å². The average molecular weight is 150 g/mol. The molecule has 0 unspecified atom stereocenters. The first-order valence-electron chi connectivity index (χ1n) is 3.09. The Kier molecular flexibility index (Phi) is 2.04. The maximum absolute atomic E-state index is 10.4. The van der Waals surface area contributed by atoms with Crippen LogP contribution in [0.2, 0.25) is 0 Å². The third-order valence-corrected chi connectivity index (χ3v) is 1.34. The van der Waals surface area contributed by atoms with E-state index in [0.29, 0.717) is 12.0 Å². The second-order valence-electron chi connectivity index (χ2n) is 2.14. The van der Waals surface area contributed by atoms with Gasteiger partial charge in [0.2, 0.25) is 0 Å². The molecule has 0 saturated heterocycles. The molecule has 0 bridgehead atoms. The fourth-order valence-corrected chi connectivity index (χ4v) is 0.812. The maximum atomic E-state index is 10.4. The summed E-state index contributed by atoms with van der Waals surface area (Å²) in [6, 6.07) is 0. The molecule has 0 fully saturated rings. The lowest BCUT2D eigenvalue weighted by molar-refractivity contribution is -0.132. The first-order chi connectivity index (χ1) is 5.24. The standard InChI is InChI=1S/C8H6O3/c9-5-6-2-1-3-7(4-6)8(10)11/h1,3-4H,2H2,(H,10,11). The van der Waals surface area contributed by atoms with Crippen LogP contribution in [0.5, 0.6) is 0 Å². The van der Waals surface area contributed by atoms with Gasteiger partial charge in [0.25, 0.3) is 0 Å². The fraction of sp³-hybridized carbons (Fsp3) is 0.125. The lowest BCUT2D eigenvalue weighted by Gasteiger charge is -2.00. The molecule has 1 aliphatic rings. The van der Waals surface area contributed by atoms with E-state index in [2.05, 4.69) is 0 Å². The van der Waals surface area contributed by atoms with Crippen LogP contribution in [0, 0.1) is 0 Å². The number of rotatable bonds is 1. The minimum atomic E-state index is -1.02. The Morgan fingerprint density at radius 1 is 1.64 bits per heavy atom. The van der Waals surface area contributed by atoms with Crippen molar-refractivity contribution >= 4 is 11.9 Å². The van der Waals surface area contributed by atoms with Crippen LogP contribution >= 0.6 is 0 Å². The molecule has 0 radical (unpaired) electrons. The predicted octanol–water partition coefficient (Wildman–Crippen LogP) is 0.715. The van der Waals surface area contributed by atoms with E-state index in [9.17, 15) is 9.59 Å². The van der Waals surface area contributed by atoms with Crippen LogP contribution in [-0.2, 0) is 9.59 Å². The van der Waals surface area contributed by atoms with Gasteiger partial charge in [0.1, 0.15) is 5.94 Å².